The van der Waals surface area contributed by atoms with Crippen LogP contribution in [0.15, 0.2) is 76.1 Å². The molecule has 0 bridgehead atoms. The average molecular weight is 445 g/mol. The molecule has 1 heterocycles. The van der Waals surface area contributed by atoms with Gasteiger partial charge in [-0.25, -0.2) is 8.42 Å². The fourth-order valence-electron chi connectivity index (χ4n) is 3.50. The molecule has 0 saturated carbocycles. The van der Waals surface area contributed by atoms with E-state index in [0.717, 1.165) is 34.9 Å². The fraction of sp³-hybridized carbons (Fsp3) is 0.238. The number of nitrogens with zero attached hydrogens (tertiary/aromatic N) is 2. The summed E-state index contributed by atoms with van der Waals surface area (Å²) in [6.45, 7) is 3.34. The van der Waals surface area contributed by atoms with Crippen molar-refractivity contribution in [2.45, 2.75) is 11.4 Å². The van der Waals surface area contributed by atoms with Crippen molar-refractivity contribution < 1.29 is 8.42 Å². The molecule has 27 heavy (non-hydrogen) atoms. The lowest BCUT2D eigenvalue weighted by Gasteiger charge is -2.34. The maximum Gasteiger partial charge on any atom is 0.243 e. The lowest BCUT2D eigenvalue weighted by molar-refractivity contribution is 0.181. The first-order valence-electron chi connectivity index (χ1n) is 8.98. The standard InChI is InChI=1S/C21H21BrN2O2S/c22-20-7-3-4-17(14-20)16-23-10-12-24(13-11-23)27(25,26)21-9-8-18-5-1-2-6-19(18)15-21/h1-9,14-15H,10-13,16H2. The Kier molecular flexibility index (Phi) is 5.32. The molecule has 1 aliphatic rings. The van der Waals surface area contributed by atoms with Crippen LogP contribution < -0.4 is 0 Å². The summed E-state index contributed by atoms with van der Waals surface area (Å²) in [6.07, 6.45) is 0. The van der Waals surface area contributed by atoms with E-state index in [4.69, 9.17) is 0 Å². The summed E-state index contributed by atoms with van der Waals surface area (Å²) in [6, 6.07) is 21.4. The van der Waals surface area contributed by atoms with Crippen LogP contribution in [0.1, 0.15) is 5.56 Å². The largest absolute Gasteiger partial charge is 0.296 e. The van der Waals surface area contributed by atoms with Crippen molar-refractivity contribution >= 4 is 36.7 Å². The number of fused-ring (bicyclic) bond motifs is 1. The Bertz CT molecular complexity index is 1060. The maximum atomic E-state index is 13.0. The van der Waals surface area contributed by atoms with Crippen LogP contribution in [0.4, 0.5) is 0 Å². The molecule has 0 atom stereocenters. The molecule has 140 valence electrons. The predicted octanol–water partition coefficient (Wildman–Crippen LogP) is 4.11. The highest BCUT2D eigenvalue weighted by Crippen LogP contribution is 2.23. The van der Waals surface area contributed by atoms with Gasteiger partial charge in [-0.05, 0) is 40.6 Å². The Morgan fingerprint density at radius 1 is 0.815 bits per heavy atom. The number of halogens is 1. The van der Waals surface area contributed by atoms with Gasteiger partial charge in [0, 0.05) is 37.2 Å². The van der Waals surface area contributed by atoms with Crippen LogP contribution in [0.3, 0.4) is 0 Å². The Morgan fingerprint density at radius 3 is 2.30 bits per heavy atom. The first-order chi connectivity index (χ1) is 13.0. The Labute approximate surface area is 168 Å². The molecule has 0 amide bonds. The van der Waals surface area contributed by atoms with E-state index in [2.05, 4.69) is 33.0 Å². The molecule has 0 N–H and O–H groups in total. The zero-order chi connectivity index (χ0) is 18.9. The van der Waals surface area contributed by atoms with Gasteiger partial charge in [0.15, 0.2) is 0 Å². The second-order valence-electron chi connectivity index (χ2n) is 6.82. The number of hydrogen-bond acceptors (Lipinski definition) is 3. The zero-order valence-electron chi connectivity index (χ0n) is 14.9. The fourth-order valence-corrected chi connectivity index (χ4v) is 5.40. The molecule has 0 spiro atoms. The summed E-state index contributed by atoms with van der Waals surface area (Å²) in [5.41, 5.74) is 1.23. The third-order valence-corrected chi connectivity index (χ3v) is 7.37. The Hall–Kier alpha value is -1.73. The lowest BCUT2D eigenvalue weighted by Crippen LogP contribution is -2.48. The molecule has 6 heteroatoms. The topological polar surface area (TPSA) is 40.6 Å². The minimum atomic E-state index is -3.46. The molecule has 0 aromatic heterocycles. The van der Waals surface area contributed by atoms with Crippen molar-refractivity contribution in [3.05, 3.63) is 76.8 Å². The third kappa shape index (κ3) is 4.09. The molecule has 1 saturated heterocycles. The smallest absolute Gasteiger partial charge is 0.243 e. The summed E-state index contributed by atoms with van der Waals surface area (Å²) in [4.78, 5) is 2.68. The maximum absolute atomic E-state index is 13.0. The highest BCUT2D eigenvalue weighted by molar-refractivity contribution is 9.10. The van der Waals surface area contributed by atoms with E-state index in [9.17, 15) is 8.42 Å². The van der Waals surface area contributed by atoms with E-state index in [1.165, 1.54) is 5.56 Å². The van der Waals surface area contributed by atoms with Crippen LogP contribution in [0.25, 0.3) is 10.8 Å². The van der Waals surface area contributed by atoms with Gasteiger partial charge in [0.05, 0.1) is 4.90 Å². The van der Waals surface area contributed by atoms with Gasteiger partial charge >= 0.3 is 0 Å². The molecule has 0 radical (unpaired) electrons. The summed E-state index contributed by atoms with van der Waals surface area (Å²) in [7, 11) is -3.46. The molecule has 1 aliphatic heterocycles. The van der Waals surface area contributed by atoms with Crippen LogP contribution in [0, 0.1) is 0 Å². The van der Waals surface area contributed by atoms with Gasteiger partial charge in [0.25, 0.3) is 0 Å². The van der Waals surface area contributed by atoms with Crippen molar-refractivity contribution in [2.75, 3.05) is 26.2 Å². The summed E-state index contributed by atoms with van der Waals surface area (Å²) in [5.74, 6) is 0. The van der Waals surface area contributed by atoms with Gasteiger partial charge in [-0.3, -0.25) is 4.90 Å². The van der Waals surface area contributed by atoms with Crippen LogP contribution in [0.5, 0.6) is 0 Å². The highest BCUT2D eigenvalue weighted by atomic mass is 79.9. The van der Waals surface area contributed by atoms with Crippen LogP contribution in [-0.2, 0) is 16.6 Å². The van der Waals surface area contributed by atoms with Gasteiger partial charge in [-0.2, -0.15) is 4.31 Å². The van der Waals surface area contributed by atoms with Gasteiger partial charge in [0.2, 0.25) is 10.0 Å². The predicted molar refractivity (Wildman–Crippen MR) is 112 cm³/mol. The Morgan fingerprint density at radius 2 is 1.56 bits per heavy atom. The summed E-state index contributed by atoms with van der Waals surface area (Å²) in [5, 5.41) is 2.00. The molecular weight excluding hydrogens is 424 g/mol. The van der Waals surface area contributed by atoms with E-state index >= 15 is 0 Å². The first kappa shape index (κ1) is 18.6. The normalized spacial score (nSPS) is 16.6. The van der Waals surface area contributed by atoms with E-state index < -0.39 is 10.0 Å². The summed E-state index contributed by atoms with van der Waals surface area (Å²) < 4.78 is 28.8. The minimum absolute atomic E-state index is 0.377. The Balaban J connectivity index is 1.46. The number of piperazine rings is 1. The second-order valence-corrected chi connectivity index (χ2v) is 9.67. The van der Waals surface area contributed by atoms with Gasteiger partial charge in [-0.15, -0.1) is 0 Å². The number of benzene rings is 3. The van der Waals surface area contributed by atoms with Crippen molar-refractivity contribution in [2.24, 2.45) is 0 Å². The highest BCUT2D eigenvalue weighted by Gasteiger charge is 2.28. The van der Waals surface area contributed by atoms with E-state index in [0.29, 0.717) is 18.0 Å². The SMILES string of the molecule is O=S(=O)(c1ccc2ccccc2c1)N1CCN(Cc2cccc(Br)c2)CC1. The monoisotopic (exact) mass is 444 g/mol. The quantitative estimate of drug-likeness (QED) is 0.607. The first-order valence-corrected chi connectivity index (χ1v) is 11.2. The molecule has 4 nitrogen and oxygen atoms in total. The minimum Gasteiger partial charge on any atom is -0.296 e. The van der Waals surface area contributed by atoms with E-state index in [1.807, 2.05) is 42.5 Å². The van der Waals surface area contributed by atoms with Gasteiger partial charge in [-0.1, -0.05) is 58.4 Å². The van der Waals surface area contributed by atoms with E-state index in [-0.39, 0.29) is 0 Å². The van der Waals surface area contributed by atoms with Gasteiger partial charge in [0.1, 0.15) is 0 Å². The van der Waals surface area contributed by atoms with Crippen molar-refractivity contribution in [3.8, 4) is 0 Å². The van der Waals surface area contributed by atoms with Crippen LogP contribution in [0.2, 0.25) is 0 Å². The number of sulfonamides is 1. The lowest BCUT2D eigenvalue weighted by atomic mass is 10.1. The third-order valence-electron chi connectivity index (χ3n) is 4.99. The molecule has 3 aromatic carbocycles. The molecule has 0 aliphatic carbocycles. The number of rotatable bonds is 4. The molecule has 3 aromatic rings. The summed E-state index contributed by atoms with van der Waals surface area (Å²) >= 11 is 3.50. The van der Waals surface area contributed by atoms with Crippen molar-refractivity contribution in [1.29, 1.82) is 0 Å². The van der Waals surface area contributed by atoms with Gasteiger partial charge < -0.3 is 0 Å². The van der Waals surface area contributed by atoms with E-state index in [1.54, 1.807) is 16.4 Å². The van der Waals surface area contributed by atoms with Crippen molar-refractivity contribution in [3.63, 3.8) is 0 Å². The molecular formula is C21H21BrN2O2S. The van der Waals surface area contributed by atoms with Crippen molar-refractivity contribution in [1.82, 2.24) is 9.21 Å². The van der Waals surface area contributed by atoms with Crippen LogP contribution >= 0.6 is 15.9 Å². The average Bonchev–Trinajstić information content (AvgIpc) is 2.68. The molecule has 1 fully saturated rings. The molecule has 4 rings (SSSR count). The number of hydrogen-bond donors (Lipinski definition) is 0. The zero-order valence-corrected chi connectivity index (χ0v) is 17.3. The van der Waals surface area contributed by atoms with Crippen LogP contribution in [-0.4, -0.2) is 43.8 Å². The second kappa shape index (κ2) is 7.72. The molecule has 0 unspecified atom stereocenters.